The highest BCUT2D eigenvalue weighted by atomic mass is 32.2. The Bertz CT molecular complexity index is 611. The van der Waals surface area contributed by atoms with Crippen LogP contribution in [0.1, 0.15) is 44.0 Å². The summed E-state index contributed by atoms with van der Waals surface area (Å²) in [5.41, 5.74) is 1.01. The summed E-state index contributed by atoms with van der Waals surface area (Å²) in [6, 6.07) is -0.135. The fourth-order valence-electron chi connectivity index (χ4n) is 2.83. The minimum absolute atomic E-state index is 0.135. The number of aromatic nitrogens is 2. The van der Waals surface area contributed by atoms with Crippen molar-refractivity contribution in [3.05, 3.63) is 11.4 Å². The molecule has 0 saturated carbocycles. The van der Waals surface area contributed by atoms with E-state index in [9.17, 15) is 13.2 Å². The molecule has 124 valence electrons. The van der Waals surface area contributed by atoms with Crippen molar-refractivity contribution in [3.63, 3.8) is 0 Å². The Morgan fingerprint density at radius 3 is 2.50 bits per heavy atom. The van der Waals surface area contributed by atoms with Crippen LogP contribution in [0.3, 0.4) is 0 Å². The number of carbonyl (C=O) groups is 1. The summed E-state index contributed by atoms with van der Waals surface area (Å²) in [6.07, 6.45) is 2.68. The van der Waals surface area contributed by atoms with Gasteiger partial charge in [-0.15, -0.1) is 0 Å². The molecule has 1 aliphatic heterocycles. The second-order valence-electron chi connectivity index (χ2n) is 5.79. The van der Waals surface area contributed by atoms with E-state index in [1.807, 2.05) is 11.8 Å². The van der Waals surface area contributed by atoms with Gasteiger partial charge in [0, 0.05) is 25.6 Å². The minimum atomic E-state index is -3.57. The van der Waals surface area contributed by atoms with Gasteiger partial charge in [0.1, 0.15) is 4.90 Å². The molecule has 1 saturated heterocycles. The average molecular weight is 328 g/mol. The number of nitrogens with zero attached hydrogens (tertiary/aromatic N) is 2. The number of aromatic amines is 1. The molecule has 8 heteroatoms. The van der Waals surface area contributed by atoms with Crippen LogP contribution in [0.4, 0.5) is 0 Å². The van der Waals surface area contributed by atoms with E-state index in [0.717, 1.165) is 6.42 Å². The number of nitrogens with one attached hydrogen (secondary N) is 2. The number of hydrogen-bond donors (Lipinski definition) is 2. The van der Waals surface area contributed by atoms with Crippen LogP contribution in [0, 0.1) is 13.8 Å². The number of amides is 1. The number of H-pyrrole nitrogens is 1. The number of hydrogen-bond acceptors (Lipinski definition) is 4. The fraction of sp³-hybridized carbons (Fsp3) is 0.714. The molecule has 0 radical (unpaired) electrons. The van der Waals surface area contributed by atoms with Gasteiger partial charge in [-0.25, -0.2) is 13.1 Å². The first kappa shape index (κ1) is 17.0. The number of rotatable bonds is 5. The zero-order valence-corrected chi connectivity index (χ0v) is 14.2. The standard InChI is InChI=1S/C14H24N4O3S/c1-4-5-13(19)18-8-6-12(7-9-18)17-22(20,21)14-10(2)15-16-11(14)3/h12,17H,4-9H2,1-3H3,(H,15,16). The Morgan fingerprint density at radius 1 is 1.36 bits per heavy atom. The molecule has 0 aromatic carbocycles. The van der Waals surface area contributed by atoms with Gasteiger partial charge >= 0.3 is 0 Å². The van der Waals surface area contributed by atoms with Gasteiger partial charge in [0.2, 0.25) is 15.9 Å². The summed E-state index contributed by atoms with van der Waals surface area (Å²) >= 11 is 0. The lowest BCUT2D eigenvalue weighted by Crippen LogP contribution is -2.46. The number of piperidine rings is 1. The zero-order valence-electron chi connectivity index (χ0n) is 13.3. The number of aryl methyl sites for hydroxylation is 2. The van der Waals surface area contributed by atoms with Crippen LogP contribution < -0.4 is 4.72 Å². The van der Waals surface area contributed by atoms with Crippen molar-refractivity contribution in [1.82, 2.24) is 19.8 Å². The molecule has 1 aromatic rings. The Morgan fingerprint density at radius 2 is 2.00 bits per heavy atom. The minimum Gasteiger partial charge on any atom is -0.343 e. The smallest absolute Gasteiger partial charge is 0.244 e. The first-order valence-corrected chi connectivity index (χ1v) is 9.15. The van der Waals surface area contributed by atoms with Crippen LogP contribution in [-0.4, -0.2) is 48.6 Å². The Labute approximate surface area is 131 Å². The molecule has 2 N–H and O–H groups in total. The molecule has 2 heterocycles. The van der Waals surface area contributed by atoms with Crippen molar-refractivity contribution in [2.45, 2.75) is 57.4 Å². The number of carbonyl (C=O) groups excluding carboxylic acids is 1. The molecule has 22 heavy (non-hydrogen) atoms. The maximum absolute atomic E-state index is 12.5. The van der Waals surface area contributed by atoms with Crippen molar-refractivity contribution >= 4 is 15.9 Å². The maximum Gasteiger partial charge on any atom is 0.244 e. The predicted molar refractivity (Wildman–Crippen MR) is 82.9 cm³/mol. The van der Waals surface area contributed by atoms with E-state index in [-0.39, 0.29) is 16.8 Å². The molecule has 7 nitrogen and oxygen atoms in total. The van der Waals surface area contributed by atoms with Crippen molar-refractivity contribution in [2.24, 2.45) is 0 Å². The van der Waals surface area contributed by atoms with Gasteiger partial charge in [-0.05, 0) is 33.1 Å². The molecule has 2 rings (SSSR count). The summed E-state index contributed by atoms with van der Waals surface area (Å²) in [5.74, 6) is 0.158. The topological polar surface area (TPSA) is 95.2 Å². The van der Waals surface area contributed by atoms with Crippen LogP contribution in [0.5, 0.6) is 0 Å². The lowest BCUT2D eigenvalue weighted by atomic mass is 10.1. The van der Waals surface area contributed by atoms with Gasteiger partial charge in [-0.1, -0.05) is 6.92 Å². The van der Waals surface area contributed by atoms with Gasteiger partial charge in [0.05, 0.1) is 11.4 Å². The van der Waals surface area contributed by atoms with Gasteiger partial charge < -0.3 is 4.90 Å². The van der Waals surface area contributed by atoms with Gasteiger partial charge in [0.25, 0.3) is 0 Å². The summed E-state index contributed by atoms with van der Waals surface area (Å²) in [4.78, 5) is 13.9. The second-order valence-corrected chi connectivity index (χ2v) is 7.44. The van der Waals surface area contributed by atoms with Crippen LogP contribution in [-0.2, 0) is 14.8 Å². The van der Waals surface area contributed by atoms with E-state index < -0.39 is 10.0 Å². The van der Waals surface area contributed by atoms with Gasteiger partial charge in [0.15, 0.2) is 0 Å². The van der Waals surface area contributed by atoms with E-state index in [4.69, 9.17) is 0 Å². The molecule has 1 amide bonds. The third kappa shape index (κ3) is 3.67. The van der Waals surface area contributed by atoms with E-state index >= 15 is 0 Å². The monoisotopic (exact) mass is 328 g/mol. The number of likely N-dealkylation sites (tertiary alicyclic amines) is 1. The van der Waals surface area contributed by atoms with Crippen molar-refractivity contribution < 1.29 is 13.2 Å². The SMILES string of the molecule is CCCC(=O)N1CCC(NS(=O)(=O)c2c(C)n[nH]c2C)CC1. The molecule has 1 fully saturated rings. The van der Waals surface area contributed by atoms with Crippen LogP contribution >= 0.6 is 0 Å². The molecule has 1 aromatic heterocycles. The lowest BCUT2D eigenvalue weighted by Gasteiger charge is -2.32. The predicted octanol–water partition coefficient (Wildman–Crippen LogP) is 1.10. The molecule has 1 aliphatic rings. The van der Waals surface area contributed by atoms with Crippen LogP contribution in [0.2, 0.25) is 0 Å². The Hall–Kier alpha value is -1.41. The van der Waals surface area contributed by atoms with Crippen molar-refractivity contribution in [1.29, 1.82) is 0 Å². The fourth-order valence-corrected chi connectivity index (χ4v) is 4.51. The normalized spacial score (nSPS) is 17.0. The largest absolute Gasteiger partial charge is 0.343 e. The van der Waals surface area contributed by atoms with Gasteiger partial charge in [-0.3, -0.25) is 9.89 Å². The highest BCUT2D eigenvalue weighted by Gasteiger charge is 2.29. The molecule has 0 atom stereocenters. The average Bonchev–Trinajstić information content (AvgIpc) is 2.79. The molecule has 0 aliphatic carbocycles. The first-order valence-electron chi connectivity index (χ1n) is 7.66. The second kappa shape index (κ2) is 6.78. The summed E-state index contributed by atoms with van der Waals surface area (Å²) in [5, 5.41) is 6.63. The van der Waals surface area contributed by atoms with E-state index in [1.54, 1.807) is 13.8 Å². The lowest BCUT2D eigenvalue weighted by molar-refractivity contribution is -0.132. The summed E-state index contributed by atoms with van der Waals surface area (Å²) < 4.78 is 27.7. The van der Waals surface area contributed by atoms with Crippen molar-refractivity contribution in [3.8, 4) is 0 Å². The third-order valence-corrected chi connectivity index (χ3v) is 5.75. The van der Waals surface area contributed by atoms with Gasteiger partial charge in [-0.2, -0.15) is 5.10 Å². The Kier molecular flexibility index (Phi) is 5.23. The highest BCUT2D eigenvalue weighted by molar-refractivity contribution is 7.89. The van der Waals surface area contributed by atoms with E-state index in [2.05, 4.69) is 14.9 Å². The molecule has 0 spiro atoms. The molecular formula is C14H24N4O3S. The molecular weight excluding hydrogens is 304 g/mol. The molecule has 0 bridgehead atoms. The molecule has 0 unspecified atom stereocenters. The van der Waals surface area contributed by atoms with E-state index in [1.165, 1.54) is 0 Å². The summed E-state index contributed by atoms with van der Waals surface area (Å²) in [6.45, 7) is 6.56. The first-order chi connectivity index (χ1) is 10.3. The third-order valence-electron chi connectivity index (χ3n) is 3.96. The zero-order chi connectivity index (χ0) is 16.3. The quantitative estimate of drug-likeness (QED) is 0.846. The highest BCUT2D eigenvalue weighted by Crippen LogP contribution is 2.19. The maximum atomic E-state index is 12.5. The number of sulfonamides is 1. The summed E-state index contributed by atoms with van der Waals surface area (Å²) in [7, 11) is -3.57. The van der Waals surface area contributed by atoms with Crippen molar-refractivity contribution in [2.75, 3.05) is 13.1 Å². The van der Waals surface area contributed by atoms with Crippen LogP contribution in [0.15, 0.2) is 4.90 Å². The Balaban J connectivity index is 1.97. The van der Waals surface area contributed by atoms with Crippen LogP contribution in [0.25, 0.3) is 0 Å². The van der Waals surface area contributed by atoms with E-state index in [0.29, 0.717) is 43.7 Å².